The number of hydrogen-bond acceptors (Lipinski definition) is 5. The summed E-state index contributed by atoms with van der Waals surface area (Å²) in [5.74, 6) is -0.612. The van der Waals surface area contributed by atoms with Gasteiger partial charge >= 0.3 is 0 Å². The molecule has 2 rings (SSSR count). The number of rotatable bonds is 2. The Kier molecular flexibility index (Phi) is 3.70. The number of aliphatic hydroxyl groups excluding tert-OH is 2. The minimum absolute atomic E-state index is 0.0558. The molecule has 1 amide bonds. The number of hydrogen-bond donors (Lipinski definition) is 2. The van der Waals surface area contributed by atoms with Gasteiger partial charge in [-0.05, 0) is 12.1 Å². The molecule has 2 N–H and O–H groups in total. The van der Waals surface area contributed by atoms with Crippen molar-refractivity contribution in [1.29, 1.82) is 0 Å². The van der Waals surface area contributed by atoms with Gasteiger partial charge in [0.15, 0.2) is 0 Å². The normalized spacial score (nSPS) is 22.6. The number of carbonyl (C=O) groups is 1. The quantitative estimate of drug-likeness (QED) is 0.606. The van der Waals surface area contributed by atoms with Crippen LogP contribution in [0.2, 0.25) is 5.02 Å². The van der Waals surface area contributed by atoms with E-state index in [1.807, 2.05) is 0 Å². The Labute approximate surface area is 113 Å². The molecule has 0 aromatic heterocycles. The molecule has 1 aromatic carbocycles. The number of halogens is 1. The first-order chi connectivity index (χ1) is 8.90. The van der Waals surface area contributed by atoms with Gasteiger partial charge in [-0.15, -0.1) is 0 Å². The fourth-order valence-electron chi connectivity index (χ4n) is 1.94. The summed E-state index contributed by atoms with van der Waals surface area (Å²) in [4.78, 5) is 23.5. The molecular formula is C11H11ClN2O5. The molecule has 7 nitrogen and oxygen atoms in total. The predicted octanol–water partition coefficient (Wildman–Crippen LogP) is 0.426. The molecule has 1 heterocycles. The van der Waals surface area contributed by atoms with E-state index in [9.17, 15) is 25.1 Å². The maximum absolute atomic E-state index is 12.1. The Hall–Kier alpha value is -1.70. The topological polar surface area (TPSA) is 104 Å². The van der Waals surface area contributed by atoms with Crippen molar-refractivity contribution in [1.82, 2.24) is 4.90 Å². The lowest BCUT2D eigenvalue weighted by Crippen LogP contribution is -2.30. The lowest BCUT2D eigenvalue weighted by Gasteiger charge is -2.15. The second-order valence-electron chi connectivity index (χ2n) is 4.26. The third-order valence-electron chi connectivity index (χ3n) is 2.93. The highest BCUT2D eigenvalue weighted by Gasteiger charge is 2.35. The minimum atomic E-state index is -1.03. The number of benzene rings is 1. The highest BCUT2D eigenvalue weighted by atomic mass is 35.5. The molecule has 2 atom stereocenters. The van der Waals surface area contributed by atoms with Gasteiger partial charge in [-0.2, -0.15) is 0 Å². The summed E-state index contributed by atoms with van der Waals surface area (Å²) >= 11 is 5.66. The largest absolute Gasteiger partial charge is 0.388 e. The summed E-state index contributed by atoms with van der Waals surface area (Å²) in [6.07, 6.45) is -2.06. The van der Waals surface area contributed by atoms with Crippen molar-refractivity contribution in [2.45, 2.75) is 12.2 Å². The van der Waals surface area contributed by atoms with Gasteiger partial charge in [0.25, 0.3) is 11.6 Å². The summed E-state index contributed by atoms with van der Waals surface area (Å²) in [6.45, 7) is -0.112. The second kappa shape index (κ2) is 5.12. The van der Waals surface area contributed by atoms with Crippen molar-refractivity contribution in [3.63, 3.8) is 0 Å². The standard InChI is InChI=1S/C11H11ClN2O5/c12-6-1-2-7(8(3-6)14(18)19)11(17)13-4-9(15)10(16)5-13/h1-3,9-10,15-16H,4-5H2. The van der Waals surface area contributed by atoms with Crippen LogP contribution in [0.5, 0.6) is 0 Å². The maximum atomic E-state index is 12.1. The van der Waals surface area contributed by atoms with E-state index in [2.05, 4.69) is 0 Å². The van der Waals surface area contributed by atoms with Crippen LogP contribution in [-0.4, -0.2) is 51.2 Å². The van der Waals surface area contributed by atoms with E-state index in [1.54, 1.807) is 0 Å². The van der Waals surface area contributed by atoms with Crippen LogP contribution >= 0.6 is 11.6 Å². The van der Waals surface area contributed by atoms with E-state index in [4.69, 9.17) is 11.6 Å². The molecule has 1 aromatic rings. The number of likely N-dealkylation sites (tertiary alicyclic amines) is 1. The molecule has 0 aliphatic carbocycles. The maximum Gasteiger partial charge on any atom is 0.283 e. The van der Waals surface area contributed by atoms with Crippen molar-refractivity contribution in [3.8, 4) is 0 Å². The number of aliphatic hydroxyl groups is 2. The molecule has 1 saturated heterocycles. The predicted molar refractivity (Wildman–Crippen MR) is 66.0 cm³/mol. The molecular weight excluding hydrogens is 276 g/mol. The molecule has 0 spiro atoms. The van der Waals surface area contributed by atoms with Crippen molar-refractivity contribution in [2.24, 2.45) is 0 Å². The smallest absolute Gasteiger partial charge is 0.283 e. The molecule has 8 heteroatoms. The van der Waals surface area contributed by atoms with E-state index in [0.717, 1.165) is 6.07 Å². The van der Waals surface area contributed by atoms with E-state index in [1.165, 1.54) is 17.0 Å². The first-order valence-electron chi connectivity index (χ1n) is 5.49. The van der Waals surface area contributed by atoms with Gasteiger partial charge in [-0.25, -0.2) is 0 Å². The summed E-state index contributed by atoms with van der Waals surface area (Å²) in [6, 6.07) is 3.74. The van der Waals surface area contributed by atoms with Gasteiger partial charge < -0.3 is 15.1 Å². The highest BCUT2D eigenvalue weighted by molar-refractivity contribution is 6.31. The first-order valence-corrected chi connectivity index (χ1v) is 5.87. The van der Waals surface area contributed by atoms with E-state index < -0.39 is 28.7 Å². The summed E-state index contributed by atoms with van der Waals surface area (Å²) in [5, 5.41) is 29.8. The number of amides is 1. The van der Waals surface area contributed by atoms with Crippen molar-refractivity contribution < 1.29 is 19.9 Å². The van der Waals surface area contributed by atoms with Crippen LogP contribution in [0.25, 0.3) is 0 Å². The molecule has 19 heavy (non-hydrogen) atoms. The van der Waals surface area contributed by atoms with Gasteiger partial charge in [0.05, 0.1) is 17.1 Å². The average Bonchev–Trinajstić information content (AvgIpc) is 2.68. The van der Waals surface area contributed by atoms with Gasteiger partial charge in [0.2, 0.25) is 0 Å². The highest BCUT2D eigenvalue weighted by Crippen LogP contribution is 2.25. The number of nitro groups is 1. The summed E-state index contributed by atoms with van der Waals surface area (Å²) < 4.78 is 0. The fourth-order valence-corrected chi connectivity index (χ4v) is 2.11. The number of β-amino-alcohol motifs (C(OH)–C–C–N with tert-alkyl or cyclic N) is 2. The number of carbonyl (C=O) groups excluding carboxylic acids is 1. The number of nitrogens with zero attached hydrogens (tertiary/aromatic N) is 2. The minimum Gasteiger partial charge on any atom is -0.388 e. The third kappa shape index (κ3) is 2.67. The zero-order valence-electron chi connectivity index (χ0n) is 9.69. The second-order valence-corrected chi connectivity index (χ2v) is 4.70. The van der Waals surface area contributed by atoms with Crippen LogP contribution in [0.4, 0.5) is 5.69 Å². The lowest BCUT2D eigenvalue weighted by molar-refractivity contribution is -0.385. The SMILES string of the molecule is O=C(c1ccc(Cl)cc1[N+](=O)[O-])N1CC(O)C(O)C1. The molecule has 1 aliphatic heterocycles. The fraction of sp³-hybridized carbons (Fsp3) is 0.364. The van der Waals surface area contributed by atoms with Crippen molar-refractivity contribution in [3.05, 3.63) is 38.9 Å². The molecule has 1 aliphatic rings. The molecule has 0 bridgehead atoms. The molecule has 0 saturated carbocycles. The van der Waals surface area contributed by atoms with Crippen molar-refractivity contribution in [2.75, 3.05) is 13.1 Å². The van der Waals surface area contributed by atoms with Crippen molar-refractivity contribution >= 4 is 23.2 Å². The Morgan fingerprint density at radius 3 is 2.47 bits per heavy atom. The first kappa shape index (κ1) is 13.7. The van der Waals surface area contributed by atoms with Gasteiger partial charge in [0, 0.05) is 24.2 Å². The van der Waals surface area contributed by atoms with Crippen LogP contribution in [-0.2, 0) is 0 Å². The van der Waals surface area contributed by atoms with Gasteiger partial charge in [-0.3, -0.25) is 14.9 Å². The monoisotopic (exact) mass is 286 g/mol. The lowest BCUT2D eigenvalue weighted by atomic mass is 10.1. The Balaban J connectivity index is 2.32. The van der Waals surface area contributed by atoms with E-state index in [-0.39, 0.29) is 23.7 Å². The average molecular weight is 287 g/mol. The van der Waals surface area contributed by atoms with Crippen LogP contribution in [0.15, 0.2) is 18.2 Å². The summed E-state index contributed by atoms with van der Waals surface area (Å²) in [5.41, 5.74) is -0.510. The molecule has 2 unspecified atom stereocenters. The van der Waals surface area contributed by atoms with Crippen LogP contribution in [0, 0.1) is 10.1 Å². The van der Waals surface area contributed by atoms with Gasteiger partial charge in [-0.1, -0.05) is 11.6 Å². The Morgan fingerprint density at radius 2 is 1.95 bits per heavy atom. The zero-order valence-corrected chi connectivity index (χ0v) is 10.4. The van der Waals surface area contributed by atoms with Crippen LogP contribution in [0.3, 0.4) is 0 Å². The zero-order chi connectivity index (χ0) is 14.2. The number of nitro benzene ring substituents is 1. The molecule has 1 fully saturated rings. The van der Waals surface area contributed by atoms with E-state index >= 15 is 0 Å². The Bertz CT molecular complexity index is 526. The molecule has 0 radical (unpaired) electrons. The van der Waals surface area contributed by atoms with Crippen LogP contribution in [0.1, 0.15) is 10.4 Å². The van der Waals surface area contributed by atoms with Gasteiger partial charge in [0.1, 0.15) is 5.56 Å². The van der Waals surface area contributed by atoms with E-state index in [0.29, 0.717) is 0 Å². The molecule has 102 valence electrons. The third-order valence-corrected chi connectivity index (χ3v) is 3.17. The summed E-state index contributed by atoms with van der Waals surface area (Å²) in [7, 11) is 0. The van der Waals surface area contributed by atoms with Crippen LogP contribution < -0.4 is 0 Å². The Morgan fingerprint density at radius 1 is 1.37 bits per heavy atom.